The van der Waals surface area contributed by atoms with E-state index in [2.05, 4.69) is 16.0 Å². The summed E-state index contributed by atoms with van der Waals surface area (Å²) in [6, 6.07) is 9.56. The first-order valence-electron chi connectivity index (χ1n) is 8.21. The number of hydrogen-bond donors (Lipinski definition) is 1. The molecule has 1 aromatic heterocycles. The molecule has 0 unspecified atom stereocenters. The maximum atomic E-state index is 12.8. The highest BCUT2D eigenvalue weighted by atomic mass is 35.5. The van der Waals surface area contributed by atoms with Crippen molar-refractivity contribution in [3.8, 4) is 6.07 Å². The molecule has 0 spiro atoms. The van der Waals surface area contributed by atoms with Crippen molar-refractivity contribution in [2.45, 2.75) is 19.9 Å². The molecule has 2 aliphatic rings. The van der Waals surface area contributed by atoms with E-state index in [4.69, 9.17) is 11.6 Å². The zero-order valence-corrected chi connectivity index (χ0v) is 14.5. The standard InChI is InChI=1S/C20H16ClN3O/c1-12-17-11-23-7-2-8-24(17)19-16(13-3-5-15(21)6-4-13)9-14(10-22)20(25)18(12)19/h3-6,9,11,23H,2,7-8H2,1H3. The molecular weight excluding hydrogens is 334 g/mol. The summed E-state index contributed by atoms with van der Waals surface area (Å²) in [5.41, 5.74) is 3.57. The van der Waals surface area contributed by atoms with Gasteiger partial charge in [0.2, 0.25) is 5.78 Å². The van der Waals surface area contributed by atoms with Gasteiger partial charge in [0, 0.05) is 29.9 Å². The summed E-state index contributed by atoms with van der Waals surface area (Å²) >= 11 is 6.02. The molecular formula is C20H16ClN3O. The lowest BCUT2D eigenvalue weighted by Crippen LogP contribution is -2.32. The summed E-state index contributed by atoms with van der Waals surface area (Å²) in [4.78, 5) is 12.8. The molecule has 4 rings (SSSR count). The fraction of sp³-hybridized carbons (Fsp3) is 0.200. The molecule has 0 amide bonds. The molecule has 1 N–H and O–H groups in total. The summed E-state index contributed by atoms with van der Waals surface area (Å²) in [7, 11) is 0. The van der Waals surface area contributed by atoms with Crippen molar-refractivity contribution in [3.05, 3.63) is 68.3 Å². The van der Waals surface area contributed by atoms with Crippen LogP contribution in [0.3, 0.4) is 0 Å². The number of carbonyl (C=O) groups excluding carboxylic acids is 1. The van der Waals surface area contributed by atoms with Crippen molar-refractivity contribution in [1.82, 2.24) is 9.88 Å². The number of carbonyl (C=O) groups is 1. The third-order valence-electron chi connectivity index (χ3n) is 4.79. The van der Waals surface area contributed by atoms with E-state index in [1.165, 1.54) is 0 Å². The molecule has 0 atom stereocenters. The Morgan fingerprint density at radius 1 is 1.28 bits per heavy atom. The van der Waals surface area contributed by atoms with Crippen molar-refractivity contribution >= 4 is 29.2 Å². The van der Waals surface area contributed by atoms with Gasteiger partial charge in [0.1, 0.15) is 11.6 Å². The number of rotatable bonds is 1. The van der Waals surface area contributed by atoms with E-state index < -0.39 is 0 Å². The Labute approximate surface area is 150 Å². The Morgan fingerprint density at radius 3 is 2.76 bits per heavy atom. The van der Waals surface area contributed by atoms with Crippen LogP contribution < -0.4 is 16.0 Å². The predicted octanol–water partition coefficient (Wildman–Crippen LogP) is 2.03. The van der Waals surface area contributed by atoms with Crippen molar-refractivity contribution in [3.63, 3.8) is 0 Å². The predicted molar refractivity (Wildman–Crippen MR) is 97.5 cm³/mol. The zero-order chi connectivity index (χ0) is 17.6. The largest absolute Gasteiger partial charge is 0.389 e. The minimum absolute atomic E-state index is 0.175. The normalized spacial score (nSPS) is 16.0. The lowest BCUT2D eigenvalue weighted by Gasteiger charge is -2.13. The molecule has 0 saturated carbocycles. The number of hydrogen-bond acceptors (Lipinski definition) is 3. The molecule has 4 nitrogen and oxygen atoms in total. The highest BCUT2D eigenvalue weighted by Gasteiger charge is 2.27. The lowest BCUT2D eigenvalue weighted by molar-refractivity contribution is 0.103. The van der Waals surface area contributed by atoms with E-state index in [1.807, 2.05) is 37.4 Å². The van der Waals surface area contributed by atoms with E-state index in [0.717, 1.165) is 46.9 Å². The van der Waals surface area contributed by atoms with E-state index in [1.54, 1.807) is 6.08 Å². The third kappa shape index (κ3) is 2.40. The van der Waals surface area contributed by atoms with E-state index in [-0.39, 0.29) is 11.4 Å². The summed E-state index contributed by atoms with van der Waals surface area (Å²) in [5, 5.41) is 15.3. The van der Waals surface area contributed by atoms with Crippen LogP contribution in [0, 0.1) is 18.3 Å². The number of fused-ring (bicyclic) bond motifs is 3. The van der Waals surface area contributed by atoms with Crippen LogP contribution in [0.4, 0.5) is 0 Å². The van der Waals surface area contributed by atoms with Gasteiger partial charge in [-0.15, -0.1) is 0 Å². The molecule has 1 aliphatic heterocycles. The van der Waals surface area contributed by atoms with Gasteiger partial charge in [-0.3, -0.25) is 4.79 Å². The summed E-state index contributed by atoms with van der Waals surface area (Å²) < 4.78 is 2.19. The van der Waals surface area contributed by atoms with Gasteiger partial charge in [-0.05, 0) is 42.7 Å². The van der Waals surface area contributed by atoms with Crippen LogP contribution in [0.2, 0.25) is 5.02 Å². The molecule has 0 fully saturated rings. The molecule has 5 heteroatoms. The van der Waals surface area contributed by atoms with Gasteiger partial charge < -0.3 is 9.88 Å². The van der Waals surface area contributed by atoms with Crippen LogP contribution in [0.5, 0.6) is 0 Å². The molecule has 0 saturated heterocycles. The number of halogens is 1. The van der Waals surface area contributed by atoms with Gasteiger partial charge in [-0.2, -0.15) is 5.26 Å². The van der Waals surface area contributed by atoms with E-state index >= 15 is 0 Å². The Bertz CT molecular complexity index is 1080. The lowest BCUT2D eigenvalue weighted by atomic mass is 9.91. The molecule has 124 valence electrons. The van der Waals surface area contributed by atoms with Crippen LogP contribution >= 0.6 is 11.6 Å². The van der Waals surface area contributed by atoms with Crippen LogP contribution in [0.1, 0.15) is 27.9 Å². The number of Topliss-reactive ketones (excluding diaryl/α,β-unsaturated/α-hetero) is 1. The fourth-order valence-electron chi connectivity index (χ4n) is 3.59. The molecule has 2 aromatic rings. The SMILES string of the molecule is Cc1c2c(n3c1=CNCCC3)=C(c1ccc(Cl)cc1)C=C(C#N)C2=O. The van der Waals surface area contributed by atoms with E-state index in [0.29, 0.717) is 10.6 Å². The number of aromatic nitrogens is 1. The molecule has 0 bridgehead atoms. The average molecular weight is 350 g/mol. The number of allylic oxidation sites excluding steroid dienone is 2. The van der Waals surface area contributed by atoms with Crippen molar-refractivity contribution in [2.24, 2.45) is 0 Å². The van der Waals surface area contributed by atoms with Gasteiger partial charge in [-0.1, -0.05) is 23.7 Å². The van der Waals surface area contributed by atoms with Crippen LogP contribution in [0.25, 0.3) is 11.8 Å². The maximum absolute atomic E-state index is 12.8. The number of nitrogens with zero attached hydrogens (tertiary/aromatic N) is 2. The van der Waals surface area contributed by atoms with E-state index in [9.17, 15) is 10.1 Å². The minimum atomic E-state index is -0.193. The van der Waals surface area contributed by atoms with Gasteiger partial charge in [0.25, 0.3) is 0 Å². The molecule has 1 aromatic carbocycles. The van der Waals surface area contributed by atoms with Gasteiger partial charge in [0.05, 0.1) is 16.3 Å². The first kappa shape index (κ1) is 15.7. The highest BCUT2D eigenvalue weighted by Crippen LogP contribution is 2.23. The second-order valence-corrected chi connectivity index (χ2v) is 6.69. The van der Waals surface area contributed by atoms with Crippen LogP contribution in [-0.2, 0) is 6.54 Å². The Morgan fingerprint density at radius 2 is 2.04 bits per heavy atom. The summed E-state index contributed by atoms with van der Waals surface area (Å²) in [6.45, 7) is 3.68. The Kier molecular flexibility index (Phi) is 3.74. The fourth-order valence-corrected chi connectivity index (χ4v) is 3.72. The smallest absolute Gasteiger partial charge is 0.206 e. The molecule has 0 radical (unpaired) electrons. The van der Waals surface area contributed by atoms with Crippen molar-refractivity contribution in [2.75, 3.05) is 6.54 Å². The Balaban J connectivity index is 2.16. The third-order valence-corrected chi connectivity index (χ3v) is 5.04. The van der Waals surface area contributed by atoms with Gasteiger partial charge in [-0.25, -0.2) is 0 Å². The van der Waals surface area contributed by atoms with Gasteiger partial charge in [0.15, 0.2) is 0 Å². The second-order valence-electron chi connectivity index (χ2n) is 6.26. The maximum Gasteiger partial charge on any atom is 0.206 e. The first-order valence-corrected chi connectivity index (χ1v) is 8.59. The Hall–Kier alpha value is -2.77. The molecule has 2 heterocycles. The number of nitrogens with one attached hydrogen (secondary N) is 1. The average Bonchev–Trinajstić information content (AvgIpc) is 2.78. The topological polar surface area (TPSA) is 57.8 Å². The first-order chi connectivity index (χ1) is 12.1. The van der Waals surface area contributed by atoms with Crippen LogP contribution in [0.15, 0.2) is 35.9 Å². The van der Waals surface area contributed by atoms with Crippen LogP contribution in [-0.4, -0.2) is 16.9 Å². The minimum Gasteiger partial charge on any atom is -0.389 e. The summed E-state index contributed by atoms with van der Waals surface area (Å²) in [6.07, 6.45) is 4.65. The number of ketones is 1. The number of nitriles is 1. The quantitative estimate of drug-likeness (QED) is 0.857. The highest BCUT2D eigenvalue weighted by molar-refractivity contribution is 6.30. The number of benzene rings is 1. The van der Waals surface area contributed by atoms with Crippen molar-refractivity contribution in [1.29, 1.82) is 5.26 Å². The monoisotopic (exact) mass is 349 g/mol. The molecule has 1 aliphatic carbocycles. The van der Waals surface area contributed by atoms with Gasteiger partial charge >= 0.3 is 0 Å². The van der Waals surface area contributed by atoms with Crippen molar-refractivity contribution < 1.29 is 4.79 Å². The summed E-state index contributed by atoms with van der Waals surface area (Å²) in [5.74, 6) is -0.193. The zero-order valence-electron chi connectivity index (χ0n) is 13.8. The second kappa shape index (κ2) is 5.94. The molecule has 25 heavy (non-hydrogen) atoms.